The highest BCUT2D eigenvalue weighted by Crippen LogP contribution is 2.19. The minimum Gasteiger partial charge on any atom is -0.376 e. The van der Waals surface area contributed by atoms with Crippen LogP contribution in [0.3, 0.4) is 0 Å². The van der Waals surface area contributed by atoms with Gasteiger partial charge in [-0.05, 0) is 44.2 Å². The molecule has 0 aliphatic carbocycles. The standard InChI is InChI=1S/C19H30N4O/c1-21-12-14-22(15-13-21)18-8-6-17(7-9-18)20-16-19(24)23-10-4-2-3-5-11-23/h6-9,20H,2-5,10-16H2,1H3. The lowest BCUT2D eigenvalue weighted by molar-refractivity contribution is -0.129. The first-order valence-corrected chi connectivity index (χ1v) is 9.27. The highest BCUT2D eigenvalue weighted by molar-refractivity contribution is 5.81. The van der Waals surface area contributed by atoms with Crippen LogP contribution in [0.5, 0.6) is 0 Å². The van der Waals surface area contributed by atoms with Crippen molar-refractivity contribution < 1.29 is 4.79 Å². The van der Waals surface area contributed by atoms with Crippen LogP contribution in [0.15, 0.2) is 24.3 Å². The van der Waals surface area contributed by atoms with Crippen molar-refractivity contribution >= 4 is 17.3 Å². The van der Waals surface area contributed by atoms with Gasteiger partial charge in [0.1, 0.15) is 0 Å². The van der Waals surface area contributed by atoms with E-state index in [9.17, 15) is 4.79 Å². The molecule has 2 saturated heterocycles. The first kappa shape index (κ1) is 17.1. The summed E-state index contributed by atoms with van der Waals surface area (Å²) in [7, 11) is 2.17. The van der Waals surface area contributed by atoms with Gasteiger partial charge < -0.3 is 20.0 Å². The van der Waals surface area contributed by atoms with Crippen LogP contribution in [0, 0.1) is 0 Å². The maximum atomic E-state index is 12.3. The number of likely N-dealkylation sites (N-methyl/N-ethyl adjacent to an activating group) is 1. The first-order valence-electron chi connectivity index (χ1n) is 9.27. The van der Waals surface area contributed by atoms with Crippen molar-refractivity contribution in [1.82, 2.24) is 9.80 Å². The van der Waals surface area contributed by atoms with Gasteiger partial charge in [-0.3, -0.25) is 4.79 Å². The summed E-state index contributed by atoms with van der Waals surface area (Å²) in [6.45, 7) is 6.63. The molecule has 2 heterocycles. The summed E-state index contributed by atoms with van der Waals surface area (Å²) < 4.78 is 0. The molecule has 1 aromatic carbocycles. The SMILES string of the molecule is CN1CCN(c2ccc(NCC(=O)N3CCCCCC3)cc2)CC1. The summed E-state index contributed by atoms with van der Waals surface area (Å²) in [6, 6.07) is 8.49. The largest absolute Gasteiger partial charge is 0.376 e. The number of rotatable bonds is 4. The molecule has 0 unspecified atom stereocenters. The molecule has 5 nitrogen and oxygen atoms in total. The van der Waals surface area contributed by atoms with Crippen molar-refractivity contribution in [1.29, 1.82) is 0 Å². The molecule has 0 radical (unpaired) electrons. The fraction of sp³-hybridized carbons (Fsp3) is 0.632. The smallest absolute Gasteiger partial charge is 0.241 e. The zero-order valence-corrected chi connectivity index (χ0v) is 14.8. The molecular weight excluding hydrogens is 300 g/mol. The lowest BCUT2D eigenvalue weighted by Crippen LogP contribution is -2.44. The number of nitrogens with zero attached hydrogens (tertiary/aromatic N) is 3. The van der Waals surface area contributed by atoms with E-state index in [1.54, 1.807) is 0 Å². The van der Waals surface area contributed by atoms with Gasteiger partial charge in [0.05, 0.1) is 6.54 Å². The molecule has 24 heavy (non-hydrogen) atoms. The van der Waals surface area contributed by atoms with Crippen molar-refractivity contribution in [3.63, 3.8) is 0 Å². The number of nitrogens with one attached hydrogen (secondary N) is 1. The second-order valence-corrected chi connectivity index (χ2v) is 6.99. The molecule has 1 N–H and O–H groups in total. The molecule has 2 aliphatic heterocycles. The van der Waals surface area contributed by atoms with Gasteiger partial charge in [-0.2, -0.15) is 0 Å². The third-order valence-corrected chi connectivity index (χ3v) is 5.14. The Bertz CT molecular complexity index is 515. The van der Waals surface area contributed by atoms with E-state index in [1.807, 2.05) is 4.90 Å². The van der Waals surface area contributed by atoms with Crippen molar-refractivity contribution in [3.05, 3.63) is 24.3 Å². The number of piperazine rings is 1. The Morgan fingerprint density at radius 3 is 2.17 bits per heavy atom. The third-order valence-electron chi connectivity index (χ3n) is 5.14. The lowest BCUT2D eigenvalue weighted by Gasteiger charge is -2.34. The molecular formula is C19H30N4O. The summed E-state index contributed by atoms with van der Waals surface area (Å²) in [5.41, 5.74) is 2.29. The van der Waals surface area contributed by atoms with Gasteiger partial charge in [-0.15, -0.1) is 0 Å². The number of amides is 1. The van der Waals surface area contributed by atoms with E-state index in [-0.39, 0.29) is 5.91 Å². The van der Waals surface area contributed by atoms with Gasteiger partial charge in [-0.1, -0.05) is 12.8 Å². The second-order valence-electron chi connectivity index (χ2n) is 6.99. The van der Waals surface area contributed by atoms with E-state index >= 15 is 0 Å². The number of carbonyl (C=O) groups excluding carboxylic acids is 1. The maximum Gasteiger partial charge on any atom is 0.241 e. The third kappa shape index (κ3) is 4.63. The molecule has 0 atom stereocenters. The van der Waals surface area contributed by atoms with E-state index in [1.165, 1.54) is 18.5 Å². The summed E-state index contributed by atoms with van der Waals surface area (Å²) >= 11 is 0. The first-order chi connectivity index (χ1) is 11.7. The Morgan fingerprint density at radius 1 is 0.917 bits per heavy atom. The van der Waals surface area contributed by atoms with Crippen LogP contribution >= 0.6 is 0 Å². The molecule has 3 rings (SSSR count). The maximum absolute atomic E-state index is 12.3. The minimum atomic E-state index is 0.222. The van der Waals surface area contributed by atoms with Crippen LogP contribution in [-0.4, -0.2) is 68.6 Å². The zero-order valence-electron chi connectivity index (χ0n) is 14.8. The lowest BCUT2D eigenvalue weighted by atomic mass is 10.2. The van der Waals surface area contributed by atoms with Gasteiger partial charge in [0.25, 0.3) is 0 Å². The van der Waals surface area contributed by atoms with Crippen molar-refractivity contribution in [2.75, 3.05) is 63.1 Å². The Hall–Kier alpha value is -1.75. The molecule has 2 aliphatic rings. The average molecular weight is 330 g/mol. The molecule has 0 aromatic heterocycles. The number of carbonyl (C=O) groups is 1. The van der Waals surface area contributed by atoms with Crippen molar-refractivity contribution in [2.24, 2.45) is 0 Å². The van der Waals surface area contributed by atoms with E-state index in [2.05, 4.69) is 46.4 Å². The molecule has 0 bridgehead atoms. The van der Waals surface area contributed by atoms with Crippen LogP contribution in [0.2, 0.25) is 0 Å². The Balaban J connectivity index is 1.48. The summed E-state index contributed by atoms with van der Waals surface area (Å²) in [6.07, 6.45) is 4.80. The van der Waals surface area contributed by atoms with Gasteiger partial charge in [-0.25, -0.2) is 0 Å². The molecule has 132 valence electrons. The van der Waals surface area contributed by atoms with Crippen molar-refractivity contribution in [3.8, 4) is 0 Å². The predicted molar refractivity (Wildman–Crippen MR) is 99.7 cm³/mol. The van der Waals surface area contributed by atoms with E-state index in [0.29, 0.717) is 6.54 Å². The molecule has 1 amide bonds. The Labute approximate surface area is 145 Å². The summed E-state index contributed by atoms with van der Waals surface area (Å²) in [5.74, 6) is 0.222. The normalized spacial score (nSPS) is 19.9. The monoisotopic (exact) mass is 330 g/mol. The number of likely N-dealkylation sites (tertiary alicyclic amines) is 1. The van der Waals surface area contributed by atoms with Gasteiger partial charge in [0, 0.05) is 50.6 Å². The van der Waals surface area contributed by atoms with Crippen LogP contribution in [0.4, 0.5) is 11.4 Å². The highest BCUT2D eigenvalue weighted by Gasteiger charge is 2.16. The average Bonchev–Trinajstić information content (AvgIpc) is 2.90. The summed E-state index contributed by atoms with van der Waals surface area (Å²) in [5, 5.41) is 3.28. The predicted octanol–water partition coefficient (Wildman–Crippen LogP) is 2.25. The molecule has 1 aromatic rings. The Kier molecular flexibility index (Phi) is 5.96. The van der Waals surface area contributed by atoms with Crippen LogP contribution in [0.25, 0.3) is 0 Å². The van der Waals surface area contributed by atoms with Gasteiger partial charge in [0.15, 0.2) is 0 Å². The molecule has 5 heteroatoms. The van der Waals surface area contributed by atoms with E-state index in [4.69, 9.17) is 0 Å². The summed E-state index contributed by atoms with van der Waals surface area (Å²) in [4.78, 5) is 19.1. The van der Waals surface area contributed by atoms with Gasteiger partial charge in [0.2, 0.25) is 5.91 Å². The minimum absolute atomic E-state index is 0.222. The fourth-order valence-electron chi connectivity index (χ4n) is 3.46. The van der Waals surface area contributed by atoms with Crippen LogP contribution in [-0.2, 0) is 4.79 Å². The zero-order chi connectivity index (χ0) is 16.8. The quantitative estimate of drug-likeness (QED) is 0.919. The number of benzene rings is 1. The van der Waals surface area contributed by atoms with Gasteiger partial charge >= 0.3 is 0 Å². The molecule has 2 fully saturated rings. The van der Waals surface area contributed by atoms with Crippen molar-refractivity contribution in [2.45, 2.75) is 25.7 Å². The highest BCUT2D eigenvalue weighted by atomic mass is 16.2. The Morgan fingerprint density at radius 2 is 1.54 bits per heavy atom. The topological polar surface area (TPSA) is 38.8 Å². The fourth-order valence-corrected chi connectivity index (χ4v) is 3.46. The van der Waals surface area contributed by atoms with E-state index in [0.717, 1.165) is 57.8 Å². The number of hydrogen-bond acceptors (Lipinski definition) is 4. The molecule has 0 saturated carbocycles. The van der Waals surface area contributed by atoms with E-state index < -0.39 is 0 Å². The number of hydrogen-bond donors (Lipinski definition) is 1. The number of anilines is 2. The van der Waals surface area contributed by atoms with Crippen LogP contribution in [0.1, 0.15) is 25.7 Å². The van der Waals surface area contributed by atoms with Crippen LogP contribution < -0.4 is 10.2 Å². The second kappa shape index (κ2) is 8.38. The molecule has 0 spiro atoms.